The van der Waals surface area contributed by atoms with Gasteiger partial charge in [0.15, 0.2) is 11.5 Å². The SMILES string of the molecule is COc1ccc2c(=O)n(CC(=O)N(C)C3CCSCC3)ccc2c1OC. The van der Waals surface area contributed by atoms with Gasteiger partial charge in [0.05, 0.1) is 19.6 Å². The molecule has 0 bridgehead atoms. The molecular weight excluding hydrogens is 352 g/mol. The predicted molar refractivity (Wildman–Crippen MR) is 104 cm³/mol. The lowest BCUT2D eigenvalue weighted by atomic mass is 10.1. The Balaban J connectivity index is 1.88. The average Bonchev–Trinajstić information content (AvgIpc) is 2.69. The Bertz CT molecular complexity index is 858. The van der Waals surface area contributed by atoms with Gasteiger partial charge in [-0.15, -0.1) is 0 Å². The van der Waals surface area contributed by atoms with Crippen molar-refractivity contribution < 1.29 is 14.3 Å². The van der Waals surface area contributed by atoms with Crippen LogP contribution in [0.2, 0.25) is 0 Å². The van der Waals surface area contributed by atoms with Crippen LogP contribution in [0.4, 0.5) is 0 Å². The van der Waals surface area contributed by atoms with E-state index >= 15 is 0 Å². The number of thioether (sulfide) groups is 1. The second kappa shape index (κ2) is 8.03. The molecule has 1 fully saturated rings. The molecule has 0 N–H and O–H groups in total. The number of fused-ring (bicyclic) bond motifs is 1. The number of hydrogen-bond donors (Lipinski definition) is 0. The Kier molecular flexibility index (Phi) is 5.76. The maximum absolute atomic E-state index is 12.8. The zero-order valence-corrected chi connectivity index (χ0v) is 16.2. The van der Waals surface area contributed by atoms with Crippen LogP contribution in [0.3, 0.4) is 0 Å². The third kappa shape index (κ3) is 3.53. The molecule has 6 nitrogen and oxygen atoms in total. The minimum absolute atomic E-state index is 0.0381. The fourth-order valence-corrected chi connectivity index (χ4v) is 4.43. The molecule has 0 spiro atoms. The van der Waals surface area contributed by atoms with E-state index in [9.17, 15) is 9.59 Å². The van der Waals surface area contributed by atoms with Crippen LogP contribution in [0, 0.1) is 0 Å². The number of pyridine rings is 1. The molecule has 7 heteroatoms. The van der Waals surface area contributed by atoms with E-state index in [1.165, 1.54) is 4.57 Å². The molecule has 0 aliphatic carbocycles. The number of nitrogens with zero attached hydrogens (tertiary/aromatic N) is 2. The van der Waals surface area contributed by atoms with Gasteiger partial charge in [-0.2, -0.15) is 11.8 Å². The first-order chi connectivity index (χ1) is 12.6. The molecule has 1 aliphatic heterocycles. The number of hydrogen-bond acceptors (Lipinski definition) is 5. The Hall–Kier alpha value is -2.15. The lowest BCUT2D eigenvalue weighted by molar-refractivity contribution is -0.132. The largest absolute Gasteiger partial charge is 0.493 e. The molecule has 0 atom stereocenters. The summed E-state index contributed by atoms with van der Waals surface area (Å²) in [6, 6.07) is 5.48. The van der Waals surface area contributed by atoms with E-state index in [2.05, 4.69) is 0 Å². The Morgan fingerprint density at radius 2 is 1.92 bits per heavy atom. The number of carbonyl (C=O) groups is 1. The van der Waals surface area contributed by atoms with Crippen molar-refractivity contribution >= 4 is 28.4 Å². The summed E-state index contributed by atoms with van der Waals surface area (Å²) in [7, 11) is 4.94. The molecular formula is C19H24N2O4S. The highest BCUT2D eigenvalue weighted by atomic mass is 32.2. The number of ether oxygens (including phenoxy) is 2. The number of methoxy groups -OCH3 is 2. The van der Waals surface area contributed by atoms with Gasteiger partial charge in [-0.25, -0.2) is 0 Å². The molecule has 26 heavy (non-hydrogen) atoms. The van der Waals surface area contributed by atoms with Crippen LogP contribution < -0.4 is 15.0 Å². The Morgan fingerprint density at radius 3 is 2.58 bits per heavy atom. The number of carbonyl (C=O) groups excluding carboxylic acids is 1. The van der Waals surface area contributed by atoms with Crippen LogP contribution in [0.1, 0.15) is 12.8 Å². The first-order valence-corrected chi connectivity index (χ1v) is 9.79. The summed E-state index contributed by atoms with van der Waals surface area (Å²) in [5.74, 6) is 3.23. The molecule has 1 amide bonds. The number of rotatable bonds is 5. The van der Waals surface area contributed by atoms with E-state index in [1.807, 2.05) is 18.8 Å². The van der Waals surface area contributed by atoms with Crippen LogP contribution in [0.25, 0.3) is 10.8 Å². The summed E-state index contributed by atoms with van der Waals surface area (Å²) >= 11 is 1.93. The summed E-state index contributed by atoms with van der Waals surface area (Å²) in [6.07, 6.45) is 3.67. The van der Waals surface area contributed by atoms with E-state index in [4.69, 9.17) is 9.47 Å². The van der Waals surface area contributed by atoms with Gasteiger partial charge >= 0.3 is 0 Å². The van der Waals surface area contributed by atoms with Crippen molar-refractivity contribution in [2.45, 2.75) is 25.4 Å². The van der Waals surface area contributed by atoms with Crippen molar-refractivity contribution in [2.24, 2.45) is 0 Å². The topological polar surface area (TPSA) is 60.8 Å². The molecule has 3 rings (SSSR count). The van der Waals surface area contributed by atoms with Gasteiger partial charge in [0.1, 0.15) is 6.54 Å². The maximum atomic E-state index is 12.8. The smallest absolute Gasteiger partial charge is 0.259 e. The second-order valence-electron chi connectivity index (χ2n) is 6.36. The van der Waals surface area contributed by atoms with Gasteiger partial charge in [0, 0.05) is 24.7 Å². The third-order valence-electron chi connectivity index (χ3n) is 4.93. The van der Waals surface area contributed by atoms with Crippen LogP contribution in [0.5, 0.6) is 11.5 Å². The molecule has 1 aromatic heterocycles. The van der Waals surface area contributed by atoms with Crippen molar-refractivity contribution in [2.75, 3.05) is 32.8 Å². The van der Waals surface area contributed by atoms with Gasteiger partial charge in [-0.3, -0.25) is 9.59 Å². The molecule has 1 aromatic carbocycles. The van der Waals surface area contributed by atoms with Crippen LogP contribution in [-0.4, -0.2) is 54.2 Å². The normalized spacial score (nSPS) is 15.0. The zero-order chi connectivity index (χ0) is 18.7. The van der Waals surface area contributed by atoms with Crippen molar-refractivity contribution in [3.8, 4) is 11.5 Å². The monoisotopic (exact) mass is 376 g/mol. The maximum Gasteiger partial charge on any atom is 0.259 e. The first kappa shape index (κ1) is 18.6. The molecule has 0 unspecified atom stereocenters. The van der Waals surface area contributed by atoms with Crippen LogP contribution in [0.15, 0.2) is 29.2 Å². The summed E-state index contributed by atoms with van der Waals surface area (Å²) in [4.78, 5) is 27.3. The molecule has 2 heterocycles. The highest BCUT2D eigenvalue weighted by molar-refractivity contribution is 7.99. The average molecular weight is 376 g/mol. The predicted octanol–water partition coefficient (Wildman–Crippen LogP) is 2.37. The van der Waals surface area contributed by atoms with Crippen LogP contribution >= 0.6 is 11.8 Å². The van der Waals surface area contributed by atoms with Gasteiger partial charge in [-0.05, 0) is 42.5 Å². The standard InChI is InChI=1S/C19H24N2O4S/c1-20(13-7-10-26-11-8-13)17(22)12-21-9-6-14-15(19(21)23)4-5-16(24-2)18(14)25-3/h4-6,9,13H,7-8,10-12H2,1-3H3. The molecule has 0 saturated carbocycles. The number of amides is 1. The van der Waals surface area contributed by atoms with Gasteiger partial charge in [-0.1, -0.05) is 0 Å². The highest BCUT2D eigenvalue weighted by Gasteiger charge is 2.23. The fourth-order valence-electron chi connectivity index (χ4n) is 3.35. The number of aromatic nitrogens is 1. The van der Waals surface area contributed by atoms with E-state index in [-0.39, 0.29) is 24.1 Å². The number of benzene rings is 1. The van der Waals surface area contributed by atoms with Crippen molar-refractivity contribution in [3.05, 3.63) is 34.7 Å². The van der Waals surface area contributed by atoms with E-state index in [0.29, 0.717) is 22.3 Å². The minimum Gasteiger partial charge on any atom is -0.493 e. The van der Waals surface area contributed by atoms with Crippen molar-refractivity contribution in [3.63, 3.8) is 0 Å². The second-order valence-corrected chi connectivity index (χ2v) is 7.58. The summed E-state index contributed by atoms with van der Waals surface area (Å²) < 4.78 is 12.1. The van der Waals surface area contributed by atoms with Crippen molar-refractivity contribution in [1.29, 1.82) is 0 Å². The number of likely N-dealkylation sites (N-methyl/N-ethyl adjacent to an activating group) is 1. The van der Waals surface area contributed by atoms with E-state index in [0.717, 1.165) is 24.3 Å². The fraction of sp³-hybridized carbons (Fsp3) is 0.474. The molecule has 1 saturated heterocycles. The first-order valence-electron chi connectivity index (χ1n) is 8.64. The van der Waals surface area contributed by atoms with Gasteiger partial charge in [0.2, 0.25) is 5.91 Å². The van der Waals surface area contributed by atoms with E-state index < -0.39 is 0 Å². The van der Waals surface area contributed by atoms with Crippen LogP contribution in [-0.2, 0) is 11.3 Å². The molecule has 0 radical (unpaired) electrons. The minimum atomic E-state index is -0.204. The van der Waals surface area contributed by atoms with Gasteiger partial charge in [0.25, 0.3) is 5.56 Å². The summed E-state index contributed by atoms with van der Waals surface area (Å²) in [6.45, 7) is 0.0449. The molecule has 2 aromatic rings. The highest BCUT2D eigenvalue weighted by Crippen LogP contribution is 2.33. The Labute approximate surface area is 157 Å². The molecule has 1 aliphatic rings. The van der Waals surface area contributed by atoms with E-state index in [1.54, 1.807) is 43.5 Å². The zero-order valence-electron chi connectivity index (χ0n) is 15.4. The third-order valence-corrected chi connectivity index (χ3v) is 5.98. The summed E-state index contributed by atoms with van der Waals surface area (Å²) in [5, 5.41) is 1.19. The Morgan fingerprint density at radius 1 is 1.19 bits per heavy atom. The lowest BCUT2D eigenvalue weighted by Gasteiger charge is -2.31. The molecule has 140 valence electrons. The summed E-state index contributed by atoms with van der Waals surface area (Å²) in [5.41, 5.74) is -0.204. The van der Waals surface area contributed by atoms with Gasteiger partial charge < -0.3 is 18.9 Å². The van der Waals surface area contributed by atoms with Crippen molar-refractivity contribution in [1.82, 2.24) is 9.47 Å². The quantitative estimate of drug-likeness (QED) is 0.802. The lowest BCUT2D eigenvalue weighted by Crippen LogP contribution is -2.42.